The van der Waals surface area contributed by atoms with E-state index in [1.807, 2.05) is 99.6 Å². The molecular formula is C32H39N3O4. The summed E-state index contributed by atoms with van der Waals surface area (Å²) in [7, 11) is 1.72. The van der Waals surface area contributed by atoms with Gasteiger partial charge in [0, 0.05) is 32.4 Å². The summed E-state index contributed by atoms with van der Waals surface area (Å²) in [6, 6.07) is 27.5. The van der Waals surface area contributed by atoms with Gasteiger partial charge in [0.05, 0.1) is 6.04 Å². The lowest BCUT2D eigenvalue weighted by Gasteiger charge is -2.32. The number of hydrogen-bond donors (Lipinski definition) is 1. The molecule has 206 valence electrons. The minimum atomic E-state index is -0.545. The Bertz CT molecular complexity index is 1180. The number of nitrogens with zero attached hydrogens (tertiary/aromatic N) is 2. The summed E-state index contributed by atoms with van der Waals surface area (Å²) < 4.78 is 11.3. The minimum absolute atomic E-state index is 0.127. The number of anilines is 1. The van der Waals surface area contributed by atoms with Gasteiger partial charge in [0.1, 0.15) is 11.7 Å². The second-order valence-corrected chi connectivity index (χ2v) is 11.0. The maximum Gasteiger partial charge on any atom is 0.414 e. The topological polar surface area (TPSA) is 71.1 Å². The van der Waals surface area contributed by atoms with Crippen LogP contribution in [-0.2, 0) is 16.0 Å². The third kappa shape index (κ3) is 8.32. The van der Waals surface area contributed by atoms with Crippen LogP contribution in [0.5, 0.6) is 0 Å². The quantitative estimate of drug-likeness (QED) is 0.376. The Hall–Kier alpha value is -3.84. The van der Waals surface area contributed by atoms with Crippen molar-refractivity contribution in [1.82, 2.24) is 10.2 Å². The molecule has 0 bridgehead atoms. The van der Waals surface area contributed by atoms with E-state index in [-0.39, 0.29) is 18.2 Å². The maximum atomic E-state index is 12.9. The molecule has 39 heavy (non-hydrogen) atoms. The smallest absolute Gasteiger partial charge is 0.414 e. The molecule has 1 heterocycles. The zero-order valence-electron chi connectivity index (χ0n) is 23.3. The molecular weight excluding hydrogens is 490 g/mol. The number of ether oxygens (including phenoxy) is 2. The van der Waals surface area contributed by atoms with E-state index in [1.54, 1.807) is 7.05 Å². The van der Waals surface area contributed by atoms with Gasteiger partial charge in [-0.1, -0.05) is 72.8 Å². The molecule has 0 atom stereocenters. The number of amides is 2. The zero-order chi connectivity index (χ0) is 27.8. The lowest BCUT2D eigenvalue weighted by atomic mass is 9.99. The van der Waals surface area contributed by atoms with Crippen molar-refractivity contribution >= 4 is 17.9 Å². The third-order valence-electron chi connectivity index (χ3n) is 6.71. The van der Waals surface area contributed by atoms with Crippen LogP contribution in [0.15, 0.2) is 84.9 Å². The van der Waals surface area contributed by atoms with Crippen molar-refractivity contribution in [3.05, 3.63) is 102 Å². The van der Waals surface area contributed by atoms with Crippen LogP contribution in [0, 0.1) is 0 Å². The number of carbonyl (C=O) groups is 2. The Morgan fingerprint density at radius 1 is 0.923 bits per heavy atom. The van der Waals surface area contributed by atoms with Crippen molar-refractivity contribution < 1.29 is 19.1 Å². The van der Waals surface area contributed by atoms with Crippen LogP contribution in [0.1, 0.15) is 56.3 Å². The Balaban J connectivity index is 1.29. The van der Waals surface area contributed by atoms with Crippen LogP contribution in [0.4, 0.5) is 15.3 Å². The van der Waals surface area contributed by atoms with Gasteiger partial charge in [-0.15, -0.1) is 0 Å². The Labute approximate surface area is 231 Å². The highest BCUT2D eigenvalue weighted by Crippen LogP contribution is 2.24. The van der Waals surface area contributed by atoms with E-state index in [1.165, 1.54) is 4.90 Å². The standard InChI is InChI=1S/C32H39N3O4/c1-32(2,3)39-31(37)34(4)27-17-11-12-24(22-27)23-35-20-18-28(19-21-35)38-30(36)33-29(25-13-7-5-8-14-25)26-15-9-6-10-16-26/h5-17,22,28-29H,18-21,23H2,1-4H3,(H,33,36). The summed E-state index contributed by atoms with van der Waals surface area (Å²) in [6.07, 6.45) is 0.637. The number of nitrogens with one attached hydrogen (secondary N) is 1. The van der Waals surface area contributed by atoms with Gasteiger partial charge in [0.2, 0.25) is 0 Å². The fraction of sp³-hybridized carbons (Fsp3) is 0.375. The molecule has 7 nitrogen and oxygen atoms in total. The first kappa shape index (κ1) is 28.2. The van der Waals surface area contributed by atoms with E-state index in [4.69, 9.17) is 9.47 Å². The summed E-state index contributed by atoms with van der Waals surface area (Å²) in [4.78, 5) is 29.2. The predicted molar refractivity (Wildman–Crippen MR) is 154 cm³/mol. The molecule has 1 aliphatic rings. The fourth-order valence-corrected chi connectivity index (χ4v) is 4.70. The minimum Gasteiger partial charge on any atom is -0.446 e. The van der Waals surface area contributed by atoms with E-state index in [9.17, 15) is 9.59 Å². The van der Waals surface area contributed by atoms with Gasteiger partial charge in [0.25, 0.3) is 0 Å². The van der Waals surface area contributed by atoms with Gasteiger partial charge in [-0.05, 0) is 62.4 Å². The Morgan fingerprint density at radius 2 is 1.51 bits per heavy atom. The molecule has 1 N–H and O–H groups in total. The highest BCUT2D eigenvalue weighted by atomic mass is 16.6. The molecule has 0 unspecified atom stereocenters. The molecule has 0 saturated carbocycles. The number of likely N-dealkylation sites (tertiary alicyclic amines) is 1. The van der Waals surface area contributed by atoms with Gasteiger partial charge in [-0.3, -0.25) is 9.80 Å². The molecule has 1 aliphatic heterocycles. The SMILES string of the molecule is CN(C(=O)OC(C)(C)C)c1cccc(CN2CCC(OC(=O)NC(c3ccccc3)c3ccccc3)CC2)c1. The fourth-order valence-electron chi connectivity index (χ4n) is 4.70. The second kappa shape index (κ2) is 12.8. The van der Waals surface area contributed by atoms with Crippen LogP contribution in [0.25, 0.3) is 0 Å². The first-order chi connectivity index (χ1) is 18.7. The lowest BCUT2D eigenvalue weighted by molar-refractivity contribution is 0.0475. The first-order valence-corrected chi connectivity index (χ1v) is 13.5. The molecule has 3 aromatic carbocycles. The van der Waals surface area contributed by atoms with Gasteiger partial charge in [-0.2, -0.15) is 0 Å². The Kier molecular flexibility index (Phi) is 9.25. The van der Waals surface area contributed by atoms with Crippen molar-refractivity contribution in [1.29, 1.82) is 0 Å². The zero-order valence-corrected chi connectivity index (χ0v) is 23.3. The molecule has 0 spiro atoms. The van der Waals surface area contributed by atoms with Gasteiger partial charge in [0.15, 0.2) is 0 Å². The largest absolute Gasteiger partial charge is 0.446 e. The van der Waals surface area contributed by atoms with Gasteiger partial charge in [-0.25, -0.2) is 9.59 Å². The van der Waals surface area contributed by atoms with Crippen LogP contribution in [0.2, 0.25) is 0 Å². The number of alkyl carbamates (subject to hydrolysis) is 1. The molecule has 0 aromatic heterocycles. The predicted octanol–water partition coefficient (Wildman–Crippen LogP) is 6.54. The molecule has 0 aliphatic carbocycles. The van der Waals surface area contributed by atoms with Crippen LogP contribution >= 0.6 is 0 Å². The van der Waals surface area contributed by atoms with Crippen molar-refractivity contribution in [3.8, 4) is 0 Å². The molecule has 1 fully saturated rings. The lowest BCUT2D eigenvalue weighted by Crippen LogP contribution is -2.40. The van der Waals surface area contributed by atoms with E-state index < -0.39 is 11.7 Å². The monoisotopic (exact) mass is 529 g/mol. The van der Waals surface area contributed by atoms with E-state index in [0.717, 1.165) is 54.9 Å². The van der Waals surface area contributed by atoms with Crippen LogP contribution in [-0.4, -0.2) is 48.9 Å². The number of carbonyl (C=O) groups excluding carboxylic acids is 2. The van der Waals surface area contributed by atoms with Crippen LogP contribution < -0.4 is 10.2 Å². The van der Waals surface area contributed by atoms with E-state index in [2.05, 4.69) is 16.3 Å². The summed E-state index contributed by atoms with van der Waals surface area (Å²) in [5.41, 5.74) is 3.39. The normalized spacial score (nSPS) is 14.6. The first-order valence-electron chi connectivity index (χ1n) is 13.5. The van der Waals surface area contributed by atoms with E-state index in [0.29, 0.717) is 0 Å². The summed E-state index contributed by atoms with van der Waals surface area (Å²) in [5.74, 6) is 0. The van der Waals surface area contributed by atoms with Crippen LogP contribution in [0.3, 0.4) is 0 Å². The van der Waals surface area contributed by atoms with Crippen molar-refractivity contribution in [2.45, 2.75) is 57.9 Å². The maximum absolute atomic E-state index is 12.9. The highest BCUT2D eigenvalue weighted by molar-refractivity contribution is 5.87. The number of hydrogen-bond acceptors (Lipinski definition) is 5. The summed E-state index contributed by atoms with van der Waals surface area (Å²) in [5, 5.41) is 3.07. The molecule has 7 heteroatoms. The molecule has 1 saturated heterocycles. The number of rotatable bonds is 7. The van der Waals surface area contributed by atoms with E-state index >= 15 is 0 Å². The Morgan fingerprint density at radius 3 is 2.08 bits per heavy atom. The van der Waals surface area contributed by atoms with Gasteiger partial charge >= 0.3 is 12.2 Å². The molecule has 4 rings (SSSR count). The molecule has 0 radical (unpaired) electrons. The molecule has 2 amide bonds. The number of benzene rings is 3. The average Bonchev–Trinajstić information content (AvgIpc) is 2.92. The van der Waals surface area contributed by atoms with Crippen molar-refractivity contribution in [2.24, 2.45) is 0 Å². The molecule has 3 aromatic rings. The van der Waals surface area contributed by atoms with Crippen molar-refractivity contribution in [2.75, 3.05) is 25.0 Å². The third-order valence-corrected chi connectivity index (χ3v) is 6.71. The van der Waals surface area contributed by atoms with Crippen molar-refractivity contribution in [3.63, 3.8) is 0 Å². The summed E-state index contributed by atoms with van der Waals surface area (Å²) >= 11 is 0. The average molecular weight is 530 g/mol. The highest BCUT2D eigenvalue weighted by Gasteiger charge is 2.25. The second-order valence-electron chi connectivity index (χ2n) is 11.0. The van der Waals surface area contributed by atoms with Gasteiger partial charge < -0.3 is 14.8 Å². The number of piperidine rings is 1. The summed E-state index contributed by atoms with van der Waals surface area (Å²) in [6.45, 7) is 7.99.